The number of fused-ring (bicyclic) bond motifs is 5. The summed E-state index contributed by atoms with van der Waals surface area (Å²) in [5.41, 5.74) is 1.84. The molecule has 2 atom stereocenters. The topological polar surface area (TPSA) is 111 Å². The number of hydrogen-bond donors (Lipinski definition) is 2. The molecule has 9 heteroatoms. The Morgan fingerprint density at radius 1 is 1.25 bits per heavy atom. The van der Waals surface area contributed by atoms with Crippen LogP contribution in [0.5, 0.6) is 0 Å². The summed E-state index contributed by atoms with van der Waals surface area (Å²) in [6.07, 6.45) is 1.23. The third-order valence-corrected chi connectivity index (χ3v) is 8.09. The highest BCUT2D eigenvalue weighted by atomic mass is 19.1. The first kappa shape index (κ1) is 23.3. The van der Waals surface area contributed by atoms with Crippen molar-refractivity contribution in [3.05, 3.63) is 62.2 Å². The summed E-state index contributed by atoms with van der Waals surface area (Å²) in [7, 11) is 0. The van der Waals surface area contributed by atoms with E-state index < -0.39 is 17.0 Å². The van der Waals surface area contributed by atoms with Crippen molar-refractivity contribution in [1.82, 2.24) is 9.55 Å². The second-order valence-corrected chi connectivity index (χ2v) is 10.2. The molecule has 3 aromatic rings. The van der Waals surface area contributed by atoms with Crippen LogP contribution in [0.1, 0.15) is 54.5 Å². The van der Waals surface area contributed by atoms with Gasteiger partial charge in [-0.05, 0) is 48.6 Å². The zero-order valence-electron chi connectivity index (χ0n) is 20.2. The Balaban J connectivity index is 1.64. The van der Waals surface area contributed by atoms with E-state index in [0.717, 1.165) is 16.5 Å². The third kappa shape index (κ3) is 2.99. The van der Waals surface area contributed by atoms with Crippen molar-refractivity contribution in [3.63, 3.8) is 0 Å². The molecule has 4 heterocycles. The van der Waals surface area contributed by atoms with Crippen LogP contribution in [0.2, 0.25) is 0 Å². The number of halogens is 1. The number of benzene rings is 1. The number of cyclic esters (lactones) is 1. The van der Waals surface area contributed by atoms with Crippen LogP contribution < -0.4 is 5.56 Å². The monoisotopic (exact) mass is 494 g/mol. The molecule has 2 aromatic heterocycles. The smallest absolute Gasteiger partial charge is 0.343 e. The van der Waals surface area contributed by atoms with Gasteiger partial charge in [0.2, 0.25) is 0 Å². The number of aromatic nitrogens is 2. The fourth-order valence-electron chi connectivity index (χ4n) is 6.16. The molecule has 0 unspecified atom stereocenters. The van der Waals surface area contributed by atoms with Gasteiger partial charge in [0.1, 0.15) is 12.4 Å². The van der Waals surface area contributed by atoms with Gasteiger partial charge in [0, 0.05) is 21.9 Å². The summed E-state index contributed by atoms with van der Waals surface area (Å²) in [4.78, 5) is 31.0. The fraction of sp³-hybridized carbons (Fsp3) is 0.444. The first-order valence-corrected chi connectivity index (χ1v) is 12.2. The lowest BCUT2D eigenvalue weighted by Gasteiger charge is -2.37. The Hall–Kier alpha value is -3.14. The van der Waals surface area contributed by atoms with Crippen LogP contribution in [0.3, 0.4) is 0 Å². The van der Waals surface area contributed by atoms with E-state index in [0.29, 0.717) is 41.9 Å². The second kappa shape index (κ2) is 7.93. The van der Waals surface area contributed by atoms with Gasteiger partial charge in [-0.15, -0.1) is 0 Å². The first-order chi connectivity index (χ1) is 17.2. The predicted octanol–water partition coefficient (Wildman–Crippen LogP) is 2.43. The average molecular weight is 495 g/mol. The van der Waals surface area contributed by atoms with E-state index in [9.17, 15) is 24.2 Å². The van der Waals surface area contributed by atoms with E-state index in [1.807, 2.05) is 0 Å². The molecule has 0 saturated carbocycles. The molecule has 0 bridgehead atoms. The summed E-state index contributed by atoms with van der Waals surface area (Å²) in [5, 5.41) is 21.1. The van der Waals surface area contributed by atoms with Gasteiger partial charge < -0.3 is 24.3 Å². The number of nitrogens with zero attached hydrogens (tertiary/aromatic N) is 2. The Kier molecular flexibility index (Phi) is 5.13. The predicted molar refractivity (Wildman–Crippen MR) is 128 cm³/mol. The van der Waals surface area contributed by atoms with E-state index in [4.69, 9.17) is 14.5 Å². The molecule has 2 N–H and O–H groups in total. The van der Waals surface area contributed by atoms with Crippen LogP contribution in [0, 0.1) is 5.82 Å². The zero-order valence-corrected chi connectivity index (χ0v) is 20.2. The molecule has 0 radical (unpaired) electrons. The number of pyridine rings is 2. The number of aliphatic hydroxyl groups excluding tert-OH is 1. The Labute approximate surface area is 206 Å². The van der Waals surface area contributed by atoms with Gasteiger partial charge in [0.05, 0.1) is 48.8 Å². The molecule has 36 heavy (non-hydrogen) atoms. The van der Waals surface area contributed by atoms with Gasteiger partial charge in [-0.2, -0.15) is 0 Å². The van der Waals surface area contributed by atoms with Crippen molar-refractivity contribution >= 4 is 16.9 Å². The minimum atomic E-state index is -1.90. The molecule has 0 saturated heterocycles. The number of aliphatic hydroxyl groups is 2. The van der Waals surface area contributed by atoms with Crippen LogP contribution in [-0.2, 0) is 44.9 Å². The molecule has 0 amide bonds. The molecular formula is C27H27FN2O6. The molecule has 1 aliphatic carbocycles. The molecule has 188 valence electrons. The molecule has 0 fully saturated rings. The molecule has 2 aliphatic heterocycles. The quantitative estimate of drug-likeness (QED) is 0.324. The van der Waals surface area contributed by atoms with Crippen molar-refractivity contribution < 1.29 is 28.9 Å². The number of esters is 1. The fourth-order valence-corrected chi connectivity index (χ4v) is 6.16. The van der Waals surface area contributed by atoms with Crippen molar-refractivity contribution in [2.24, 2.45) is 0 Å². The van der Waals surface area contributed by atoms with E-state index in [1.165, 1.54) is 6.07 Å². The summed E-state index contributed by atoms with van der Waals surface area (Å²) >= 11 is 0. The van der Waals surface area contributed by atoms with Crippen LogP contribution in [-0.4, -0.2) is 45.6 Å². The minimum Gasteiger partial charge on any atom is -0.458 e. The molecule has 8 nitrogen and oxygen atoms in total. The SMILES string of the molecule is CC[C@@]1(O)C(=O)OCc2c1cc1n(c2=O)Cc2c-1nc1ccc(F)c3c1c2[C@](C)(COCCO)CC3. The van der Waals surface area contributed by atoms with E-state index in [2.05, 4.69) is 6.92 Å². The maximum atomic E-state index is 14.9. The van der Waals surface area contributed by atoms with E-state index in [-0.39, 0.29) is 55.3 Å². The summed E-state index contributed by atoms with van der Waals surface area (Å²) in [6.45, 7) is 4.19. The molecule has 6 rings (SSSR count). The molecule has 0 spiro atoms. The third-order valence-electron chi connectivity index (χ3n) is 8.09. The number of aryl methyl sites for hydroxylation is 1. The van der Waals surface area contributed by atoms with Gasteiger partial charge in [0.25, 0.3) is 5.56 Å². The average Bonchev–Trinajstić information content (AvgIpc) is 3.23. The van der Waals surface area contributed by atoms with Crippen LogP contribution >= 0.6 is 0 Å². The second-order valence-electron chi connectivity index (χ2n) is 10.2. The van der Waals surface area contributed by atoms with Crippen molar-refractivity contribution in [3.8, 4) is 11.4 Å². The lowest BCUT2D eigenvalue weighted by molar-refractivity contribution is -0.172. The lowest BCUT2D eigenvalue weighted by atomic mass is 9.70. The standard InChI is InChI=1S/C27H27FN2O6/c1-3-27(34)17-10-20-23-15(11-30(20)24(32)16(17)12-36-25(27)33)22-21-14(18(28)4-5-19(21)29-23)6-7-26(22,2)13-35-9-8-31/h4-5,10,31,34H,3,6-9,11-13H2,1-2H3/t26-,27-/m0/s1. The summed E-state index contributed by atoms with van der Waals surface area (Å²) in [5.74, 6) is -1.05. The van der Waals surface area contributed by atoms with E-state index in [1.54, 1.807) is 23.6 Å². The number of hydrogen-bond acceptors (Lipinski definition) is 7. The normalized spacial score (nSPS) is 23.9. The van der Waals surface area contributed by atoms with Gasteiger partial charge in [-0.1, -0.05) is 13.8 Å². The van der Waals surface area contributed by atoms with Crippen molar-refractivity contribution in [2.45, 2.75) is 57.3 Å². The van der Waals surface area contributed by atoms with Gasteiger partial charge in [-0.3, -0.25) is 4.79 Å². The summed E-state index contributed by atoms with van der Waals surface area (Å²) in [6, 6.07) is 4.76. The van der Waals surface area contributed by atoms with Gasteiger partial charge in [0.15, 0.2) is 5.60 Å². The highest BCUT2D eigenvalue weighted by Crippen LogP contribution is 2.48. The van der Waals surface area contributed by atoms with Crippen LogP contribution in [0.25, 0.3) is 22.3 Å². The molecule has 3 aliphatic rings. The highest BCUT2D eigenvalue weighted by Gasteiger charge is 2.46. The lowest BCUT2D eigenvalue weighted by Crippen LogP contribution is -2.44. The molecule has 1 aromatic carbocycles. The first-order valence-electron chi connectivity index (χ1n) is 12.2. The zero-order chi connectivity index (χ0) is 25.4. The maximum Gasteiger partial charge on any atom is 0.343 e. The van der Waals surface area contributed by atoms with Crippen molar-refractivity contribution in [2.75, 3.05) is 19.8 Å². The van der Waals surface area contributed by atoms with E-state index >= 15 is 0 Å². The molecular weight excluding hydrogens is 467 g/mol. The Bertz CT molecular complexity index is 1510. The van der Waals surface area contributed by atoms with Gasteiger partial charge >= 0.3 is 5.97 Å². The Morgan fingerprint density at radius 2 is 2.06 bits per heavy atom. The number of ether oxygens (including phenoxy) is 2. The number of carbonyl (C=O) groups is 1. The van der Waals surface area contributed by atoms with Crippen LogP contribution in [0.15, 0.2) is 23.0 Å². The maximum absolute atomic E-state index is 14.9. The Morgan fingerprint density at radius 3 is 2.81 bits per heavy atom. The minimum absolute atomic E-state index is 0.0634. The summed E-state index contributed by atoms with van der Waals surface area (Å²) < 4.78 is 27.5. The van der Waals surface area contributed by atoms with Gasteiger partial charge in [-0.25, -0.2) is 14.2 Å². The largest absolute Gasteiger partial charge is 0.458 e. The number of rotatable bonds is 5. The highest BCUT2D eigenvalue weighted by molar-refractivity contribution is 5.93. The van der Waals surface area contributed by atoms with Crippen LogP contribution in [0.4, 0.5) is 4.39 Å². The number of carbonyl (C=O) groups excluding carboxylic acids is 1. The van der Waals surface area contributed by atoms with Crippen molar-refractivity contribution in [1.29, 1.82) is 0 Å².